The van der Waals surface area contributed by atoms with E-state index in [0.29, 0.717) is 22.9 Å². The number of amides is 3. The molecule has 0 aromatic heterocycles. The van der Waals surface area contributed by atoms with Gasteiger partial charge in [0, 0.05) is 34.5 Å². The first kappa shape index (κ1) is 17.3. The van der Waals surface area contributed by atoms with E-state index in [2.05, 4.69) is 10.6 Å². The summed E-state index contributed by atoms with van der Waals surface area (Å²) >= 11 is 5.83. The molecule has 130 valence electrons. The summed E-state index contributed by atoms with van der Waals surface area (Å²) in [4.78, 5) is 26.2. The largest absolute Gasteiger partial charge is 0.323 e. The smallest absolute Gasteiger partial charge is 0.312 e. The maximum atomic E-state index is 12.2. The molecular formula is C19H20ClN3O2. The van der Waals surface area contributed by atoms with E-state index in [0.717, 1.165) is 17.7 Å². The first-order valence-electron chi connectivity index (χ1n) is 8.22. The number of benzene rings is 2. The molecule has 1 aliphatic heterocycles. The van der Waals surface area contributed by atoms with Crippen LogP contribution in [-0.4, -0.2) is 18.5 Å². The molecule has 0 aliphatic carbocycles. The number of halogens is 1. The molecule has 0 spiro atoms. The van der Waals surface area contributed by atoms with Crippen LogP contribution in [0, 0.1) is 5.92 Å². The third-order valence-electron chi connectivity index (χ3n) is 4.09. The Morgan fingerprint density at radius 2 is 1.68 bits per heavy atom. The van der Waals surface area contributed by atoms with Crippen LogP contribution in [0.1, 0.15) is 19.4 Å². The first-order valence-corrected chi connectivity index (χ1v) is 8.59. The van der Waals surface area contributed by atoms with Gasteiger partial charge < -0.3 is 15.5 Å². The highest BCUT2D eigenvalue weighted by Crippen LogP contribution is 2.31. The number of nitrogens with zero attached hydrogens (tertiary/aromatic N) is 1. The van der Waals surface area contributed by atoms with E-state index in [1.54, 1.807) is 24.3 Å². The van der Waals surface area contributed by atoms with Crippen LogP contribution in [0.4, 0.5) is 21.9 Å². The van der Waals surface area contributed by atoms with Gasteiger partial charge in [-0.15, -0.1) is 0 Å². The molecule has 3 rings (SSSR count). The molecule has 2 aromatic carbocycles. The second kappa shape index (κ2) is 7.15. The zero-order valence-corrected chi connectivity index (χ0v) is 14.9. The van der Waals surface area contributed by atoms with Crippen LogP contribution in [0.3, 0.4) is 0 Å². The topological polar surface area (TPSA) is 61.4 Å². The van der Waals surface area contributed by atoms with E-state index in [1.807, 2.05) is 36.9 Å². The summed E-state index contributed by atoms with van der Waals surface area (Å²) in [6.45, 7) is 4.49. The van der Waals surface area contributed by atoms with Crippen LogP contribution in [0.2, 0.25) is 5.02 Å². The van der Waals surface area contributed by atoms with Crippen molar-refractivity contribution in [2.24, 2.45) is 5.92 Å². The average Bonchev–Trinajstić information content (AvgIpc) is 2.99. The normalized spacial score (nSPS) is 12.9. The van der Waals surface area contributed by atoms with Gasteiger partial charge in [-0.2, -0.15) is 0 Å². The zero-order valence-electron chi connectivity index (χ0n) is 14.2. The number of fused-ring (bicyclic) bond motifs is 1. The lowest BCUT2D eigenvalue weighted by Crippen LogP contribution is -2.32. The van der Waals surface area contributed by atoms with Gasteiger partial charge in [0.05, 0.1) is 0 Å². The monoisotopic (exact) mass is 357 g/mol. The Labute approximate surface area is 152 Å². The van der Waals surface area contributed by atoms with Crippen molar-refractivity contribution in [3.05, 3.63) is 53.1 Å². The molecule has 6 heteroatoms. The van der Waals surface area contributed by atoms with Crippen molar-refractivity contribution >= 4 is 40.6 Å². The van der Waals surface area contributed by atoms with Gasteiger partial charge in [0.25, 0.3) is 0 Å². The molecule has 1 aliphatic rings. The van der Waals surface area contributed by atoms with E-state index < -0.39 is 0 Å². The van der Waals surface area contributed by atoms with Crippen molar-refractivity contribution < 1.29 is 9.59 Å². The van der Waals surface area contributed by atoms with Crippen LogP contribution >= 0.6 is 11.6 Å². The molecule has 0 fully saturated rings. The summed E-state index contributed by atoms with van der Waals surface area (Å²) in [6.07, 6.45) is 0.794. The molecule has 5 nitrogen and oxygen atoms in total. The molecular weight excluding hydrogens is 338 g/mol. The molecule has 0 bridgehead atoms. The third-order valence-corrected chi connectivity index (χ3v) is 4.35. The van der Waals surface area contributed by atoms with Gasteiger partial charge in [-0.25, -0.2) is 4.79 Å². The van der Waals surface area contributed by atoms with Crippen molar-refractivity contribution in [3.63, 3.8) is 0 Å². The van der Waals surface area contributed by atoms with E-state index in [4.69, 9.17) is 11.6 Å². The molecule has 0 unspecified atom stereocenters. The Morgan fingerprint density at radius 1 is 1.04 bits per heavy atom. The van der Waals surface area contributed by atoms with E-state index in [1.165, 1.54) is 0 Å². The number of carbonyl (C=O) groups excluding carboxylic acids is 2. The maximum absolute atomic E-state index is 12.2. The summed E-state index contributed by atoms with van der Waals surface area (Å²) < 4.78 is 0. The van der Waals surface area contributed by atoms with E-state index in [-0.39, 0.29) is 17.9 Å². The van der Waals surface area contributed by atoms with Gasteiger partial charge in [-0.05, 0) is 54.4 Å². The fraction of sp³-hybridized carbons (Fsp3) is 0.263. The number of carbonyl (C=O) groups is 2. The number of hydrogen-bond acceptors (Lipinski definition) is 2. The predicted octanol–water partition coefficient (Wildman–Crippen LogP) is 4.53. The van der Waals surface area contributed by atoms with E-state index in [9.17, 15) is 9.59 Å². The van der Waals surface area contributed by atoms with Gasteiger partial charge in [0.15, 0.2) is 0 Å². The minimum Gasteiger partial charge on any atom is -0.312 e. The molecule has 0 radical (unpaired) electrons. The number of hydrogen-bond donors (Lipinski definition) is 2. The SMILES string of the molecule is CC(C)C(=O)N1CCc2cc(NC(=O)Nc3ccc(Cl)cc3)ccc21. The van der Waals surface area contributed by atoms with Crippen molar-refractivity contribution in [1.29, 1.82) is 0 Å². The van der Waals surface area contributed by atoms with E-state index >= 15 is 0 Å². The molecule has 25 heavy (non-hydrogen) atoms. The van der Waals surface area contributed by atoms with Crippen LogP contribution in [-0.2, 0) is 11.2 Å². The summed E-state index contributed by atoms with van der Waals surface area (Å²) in [5.41, 5.74) is 3.36. The van der Waals surface area contributed by atoms with Crippen LogP contribution < -0.4 is 15.5 Å². The summed E-state index contributed by atoms with van der Waals surface area (Å²) in [6, 6.07) is 12.2. The highest BCUT2D eigenvalue weighted by molar-refractivity contribution is 6.30. The van der Waals surface area contributed by atoms with Gasteiger partial charge in [-0.1, -0.05) is 25.4 Å². The Balaban J connectivity index is 1.67. The first-order chi connectivity index (χ1) is 11.9. The van der Waals surface area contributed by atoms with Gasteiger partial charge >= 0.3 is 6.03 Å². The molecule has 1 heterocycles. The lowest BCUT2D eigenvalue weighted by Gasteiger charge is -2.19. The summed E-state index contributed by atoms with van der Waals surface area (Å²) in [7, 11) is 0. The van der Waals surface area contributed by atoms with Crippen molar-refractivity contribution in [2.75, 3.05) is 22.1 Å². The fourth-order valence-corrected chi connectivity index (χ4v) is 2.97. The second-order valence-corrected chi connectivity index (χ2v) is 6.76. The van der Waals surface area contributed by atoms with Gasteiger partial charge in [0.1, 0.15) is 0 Å². The third kappa shape index (κ3) is 3.94. The Bertz CT molecular complexity index is 803. The number of rotatable bonds is 3. The lowest BCUT2D eigenvalue weighted by atomic mass is 10.1. The molecule has 2 aromatic rings. The summed E-state index contributed by atoms with van der Waals surface area (Å²) in [5.74, 6) is 0.0915. The predicted molar refractivity (Wildman–Crippen MR) is 101 cm³/mol. The lowest BCUT2D eigenvalue weighted by molar-refractivity contribution is -0.121. The molecule has 0 atom stereocenters. The minimum absolute atomic E-state index is 0.0334. The van der Waals surface area contributed by atoms with Crippen LogP contribution in [0.15, 0.2) is 42.5 Å². The Hall–Kier alpha value is -2.53. The van der Waals surface area contributed by atoms with Crippen LogP contribution in [0.25, 0.3) is 0 Å². The molecule has 0 saturated heterocycles. The van der Waals surface area contributed by atoms with Crippen molar-refractivity contribution in [3.8, 4) is 0 Å². The van der Waals surface area contributed by atoms with Crippen molar-refractivity contribution in [1.82, 2.24) is 0 Å². The highest BCUT2D eigenvalue weighted by atomic mass is 35.5. The standard InChI is InChI=1S/C19H20ClN3O2/c1-12(2)18(24)23-10-9-13-11-16(7-8-17(13)23)22-19(25)21-15-5-3-14(20)4-6-15/h3-8,11-12H,9-10H2,1-2H3,(H2,21,22,25). The van der Waals surface area contributed by atoms with Gasteiger partial charge in [0.2, 0.25) is 5.91 Å². The average molecular weight is 358 g/mol. The second-order valence-electron chi connectivity index (χ2n) is 6.32. The van der Waals surface area contributed by atoms with Gasteiger partial charge in [-0.3, -0.25) is 4.79 Å². The number of nitrogens with one attached hydrogen (secondary N) is 2. The van der Waals surface area contributed by atoms with Crippen LogP contribution in [0.5, 0.6) is 0 Å². The minimum atomic E-state index is -0.324. The Kier molecular flexibility index (Phi) is 4.95. The molecule has 3 amide bonds. The Morgan fingerprint density at radius 3 is 2.36 bits per heavy atom. The molecule has 0 saturated carbocycles. The zero-order chi connectivity index (χ0) is 18.0. The number of urea groups is 1. The summed E-state index contributed by atoms with van der Waals surface area (Å²) in [5, 5.41) is 6.18. The quantitative estimate of drug-likeness (QED) is 0.847. The number of anilines is 3. The molecule has 2 N–H and O–H groups in total. The van der Waals surface area contributed by atoms with Crippen molar-refractivity contribution in [2.45, 2.75) is 20.3 Å². The highest BCUT2D eigenvalue weighted by Gasteiger charge is 2.26. The maximum Gasteiger partial charge on any atom is 0.323 e. The fourth-order valence-electron chi connectivity index (χ4n) is 2.85.